The Balaban J connectivity index is 2.26. The summed E-state index contributed by atoms with van der Waals surface area (Å²) in [6.45, 7) is 0.934. The van der Waals surface area contributed by atoms with Crippen LogP contribution in [-0.2, 0) is 6.42 Å². The van der Waals surface area contributed by atoms with Gasteiger partial charge in [-0.25, -0.2) is 4.98 Å². The van der Waals surface area contributed by atoms with E-state index in [0.717, 1.165) is 24.5 Å². The zero-order valence-corrected chi connectivity index (χ0v) is 11.6. The number of hydrogen-bond acceptors (Lipinski definition) is 4. The van der Waals surface area contributed by atoms with Crippen LogP contribution in [0.15, 0.2) is 29.2 Å². The fourth-order valence-corrected chi connectivity index (χ4v) is 3.07. The van der Waals surface area contributed by atoms with Crippen LogP contribution in [0.5, 0.6) is 0 Å². The number of aromatic amines is 1. The first kappa shape index (κ1) is 11.7. The van der Waals surface area contributed by atoms with Gasteiger partial charge in [0, 0.05) is 22.6 Å². The summed E-state index contributed by atoms with van der Waals surface area (Å²) >= 11 is 6.95. The van der Waals surface area contributed by atoms with Crippen molar-refractivity contribution < 1.29 is 0 Å². The maximum absolute atomic E-state index is 5.21. The topological polar surface area (TPSA) is 40.7 Å². The largest absolute Gasteiger partial charge is 0.369 e. The molecule has 0 atom stereocenters. The third-order valence-electron chi connectivity index (χ3n) is 3.08. The van der Waals surface area contributed by atoms with Crippen molar-refractivity contribution in [1.82, 2.24) is 9.97 Å². The first-order valence-electron chi connectivity index (χ1n) is 5.80. The van der Waals surface area contributed by atoms with Crippen molar-refractivity contribution in [1.29, 1.82) is 0 Å². The van der Waals surface area contributed by atoms with Gasteiger partial charge in [-0.1, -0.05) is 18.2 Å². The van der Waals surface area contributed by atoms with E-state index >= 15 is 0 Å². The first-order chi connectivity index (χ1) is 8.79. The average Bonchev–Trinajstić information content (AvgIpc) is 2.85. The van der Waals surface area contributed by atoms with Crippen LogP contribution >= 0.6 is 24.0 Å². The van der Waals surface area contributed by atoms with Crippen LogP contribution in [-0.4, -0.2) is 22.8 Å². The molecule has 0 fully saturated rings. The Morgan fingerprint density at radius 2 is 2.17 bits per heavy atom. The van der Waals surface area contributed by atoms with Crippen LogP contribution in [0, 0.1) is 4.77 Å². The monoisotopic (exact) mass is 275 g/mol. The summed E-state index contributed by atoms with van der Waals surface area (Å²) in [5, 5.41) is 3.28. The summed E-state index contributed by atoms with van der Waals surface area (Å²) in [6, 6.07) is 8.38. The Morgan fingerprint density at radius 3 is 3.00 bits per heavy atom. The predicted molar refractivity (Wildman–Crippen MR) is 78.8 cm³/mol. The number of nitrogens with zero attached hydrogens (tertiary/aromatic N) is 1. The standard InChI is InChI=1S/C13H13N3S2/c1-18-10-5-3-2-4-8(10)11-9-6-7-14-12(9)16-13(17)15-11/h2-5H,6-7H2,1H3,(H2,14,15,16,17). The van der Waals surface area contributed by atoms with Gasteiger partial charge in [0.1, 0.15) is 5.82 Å². The number of hydrogen-bond donors (Lipinski definition) is 2. The molecule has 1 aromatic carbocycles. The third-order valence-corrected chi connectivity index (χ3v) is 4.07. The van der Waals surface area contributed by atoms with Gasteiger partial charge < -0.3 is 10.3 Å². The van der Waals surface area contributed by atoms with E-state index in [2.05, 4.69) is 45.8 Å². The molecule has 92 valence electrons. The smallest absolute Gasteiger partial charge is 0.199 e. The highest BCUT2D eigenvalue weighted by molar-refractivity contribution is 7.98. The zero-order chi connectivity index (χ0) is 12.5. The Hall–Kier alpha value is -1.33. The molecule has 2 aromatic rings. The van der Waals surface area contributed by atoms with E-state index in [9.17, 15) is 0 Å². The molecule has 5 heteroatoms. The highest BCUT2D eigenvalue weighted by Crippen LogP contribution is 2.34. The molecule has 0 amide bonds. The van der Waals surface area contributed by atoms with Gasteiger partial charge in [0.05, 0.1) is 5.69 Å². The van der Waals surface area contributed by atoms with E-state index in [1.165, 1.54) is 16.0 Å². The fraction of sp³-hybridized carbons (Fsp3) is 0.231. The van der Waals surface area contributed by atoms with Crippen molar-refractivity contribution in [2.24, 2.45) is 0 Å². The molecule has 0 bridgehead atoms. The van der Waals surface area contributed by atoms with E-state index < -0.39 is 0 Å². The lowest BCUT2D eigenvalue weighted by Crippen LogP contribution is -1.96. The summed E-state index contributed by atoms with van der Waals surface area (Å²) in [6.07, 6.45) is 3.08. The van der Waals surface area contributed by atoms with Crippen LogP contribution in [0.2, 0.25) is 0 Å². The molecule has 0 saturated carbocycles. The minimum absolute atomic E-state index is 0.536. The van der Waals surface area contributed by atoms with Gasteiger partial charge in [-0.2, -0.15) is 0 Å². The highest BCUT2D eigenvalue weighted by Gasteiger charge is 2.18. The van der Waals surface area contributed by atoms with Gasteiger partial charge >= 0.3 is 0 Å². The summed E-state index contributed by atoms with van der Waals surface area (Å²) < 4.78 is 0.536. The van der Waals surface area contributed by atoms with Gasteiger partial charge in [-0.3, -0.25) is 0 Å². The van der Waals surface area contributed by atoms with Crippen molar-refractivity contribution in [3.05, 3.63) is 34.6 Å². The van der Waals surface area contributed by atoms with Crippen LogP contribution in [0.4, 0.5) is 5.82 Å². The van der Waals surface area contributed by atoms with Crippen molar-refractivity contribution in [3.8, 4) is 11.3 Å². The van der Waals surface area contributed by atoms with Crippen molar-refractivity contribution in [3.63, 3.8) is 0 Å². The summed E-state index contributed by atoms with van der Waals surface area (Å²) in [5.41, 5.74) is 3.56. The second-order valence-corrected chi connectivity index (χ2v) is 5.36. The van der Waals surface area contributed by atoms with E-state index in [1.807, 2.05) is 0 Å². The lowest BCUT2D eigenvalue weighted by Gasteiger charge is -2.11. The second kappa shape index (κ2) is 4.74. The Labute approximate surface area is 115 Å². The molecule has 0 radical (unpaired) electrons. The second-order valence-electron chi connectivity index (χ2n) is 4.12. The maximum Gasteiger partial charge on any atom is 0.199 e. The number of H-pyrrole nitrogens is 1. The van der Waals surface area contributed by atoms with Crippen LogP contribution in [0.3, 0.4) is 0 Å². The quantitative estimate of drug-likeness (QED) is 0.650. The van der Waals surface area contributed by atoms with E-state index in [-0.39, 0.29) is 0 Å². The molecule has 0 unspecified atom stereocenters. The molecule has 18 heavy (non-hydrogen) atoms. The number of rotatable bonds is 2. The molecule has 2 heterocycles. The number of anilines is 1. The van der Waals surface area contributed by atoms with Crippen LogP contribution < -0.4 is 5.32 Å². The highest BCUT2D eigenvalue weighted by atomic mass is 32.2. The summed E-state index contributed by atoms with van der Waals surface area (Å²) in [7, 11) is 0. The van der Waals surface area contributed by atoms with Gasteiger partial charge in [-0.15, -0.1) is 11.8 Å². The number of fused-ring (bicyclic) bond motifs is 1. The van der Waals surface area contributed by atoms with Crippen LogP contribution in [0.1, 0.15) is 5.56 Å². The minimum atomic E-state index is 0.536. The molecule has 2 N–H and O–H groups in total. The number of nitrogens with one attached hydrogen (secondary N) is 2. The summed E-state index contributed by atoms with van der Waals surface area (Å²) in [4.78, 5) is 8.84. The molecule has 1 aromatic heterocycles. The molecule has 1 aliphatic rings. The van der Waals surface area contributed by atoms with Gasteiger partial charge in [0.15, 0.2) is 4.77 Å². The Kier molecular flexibility index (Phi) is 3.09. The van der Waals surface area contributed by atoms with Crippen molar-refractivity contribution in [2.45, 2.75) is 11.3 Å². The number of benzene rings is 1. The third kappa shape index (κ3) is 1.93. The molecular weight excluding hydrogens is 262 g/mol. The number of aromatic nitrogens is 2. The molecule has 0 aliphatic carbocycles. The minimum Gasteiger partial charge on any atom is -0.369 e. The van der Waals surface area contributed by atoms with Crippen molar-refractivity contribution >= 4 is 29.8 Å². The molecule has 0 saturated heterocycles. The molecule has 0 spiro atoms. The van der Waals surface area contributed by atoms with E-state index in [1.54, 1.807) is 11.8 Å². The van der Waals surface area contributed by atoms with Gasteiger partial charge in [0.25, 0.3) is 0 Å². The lowest BCUT2D eigenvalue weighted by molar-refractivity contribution is 1.08. The average molecular weight is 275 g/mol. The predicted octanol–water partition coefficient (Wildman–Crippen LogP) is 3.50. The van der Waals surface area contributed by atoms with E-state index in [0.29, 0.717) is 4.77 Å². The van der Waals surface area contributed by atoms with Crippen molar-refractivity contribution in [2.75, 3.05) is 18.1 Å². The lowest BCUT2D eigenvalue weighted by atomic mass is 10.1. The molecule has 3 rings (SSSR count). The summed E-state index contributed by atoms with van der Waals surface area (Å²) in [5.74, 6) is 0.935. The Morgan fingerprint density at radius 1 is 1.33 bits per heavy atom. The first-order valence-corrected chi connectivity index (χ1v) is 7.43. The van der Waals surface area contributed by atoms with Gasteiger partial charge in [-0.05, 0) is 31.0 Å². The number of thioether (sulfide) groups is 1. The SMILES string of the molecule is CSc1ccccc1-c1[nH]c(=S)nc2c1CCN2. The van der Waals surface area contributed by atoms with E-state index in [4.69, 9.17) is 12.2 Å². The fourth-order valence-electron chi connectivity index (χ4n) is 2.27. The molecular formula is C13H13N3S2. The molecule has 3 nitrogen and oxygen atoms in total. The Bertz CT molecular complexity index is 649. The van der Waals surface area contributed by atoms with Crippen LogP contribution in [0.25, 0.3) is 11.3 Å². The maximum atomic E-state index is 5.21. The van der Waals surface area contributed by atoms with Gasteiger partial charge in [0.2, 0.25) is 0 Å². The normalized spacial score (nSPS) is 13.2. The zero-order valence-electron chi connectivity index (χ0n) is 9.99. The molecule has 1 aliphatic heterocycles.